The van der Waals surface area contributed by atoms with Gasteiger partial charge in [-0.1, -0.05) is 5.46 Å². The van der Waals surface area contributed by atoms with E-state index in [4.69, 9.17) is 7.85 Å². The van der Waals surface area contributed by atoms with E-state index < -0.39 is 0 Å². The summed E-state index contributed by atoms with van der Waals surface area (Å²) in [5, 5.41) is 0. The third-order valence-electron chi connectivity index (χ3n) is 0.543. The number of hydrogen-bond acceptors (Lipinski definition) is 1. The third kappa shape index (κ3) is 0.457. The Kier molecular flexibility index (Phi) is 0.711. The van der Waals surface area contributed by atoms with Gasteiger partial charge in [-0.3, -0.25) is 0 Å². The molecule has 0 unspecified atom stereocenters. The summed E-state index contributed by atoms with van der Waals surface area (Å²) in [4.78, 5) is 0. The highest BCUT2D eigenvalue weighted by molar-refractivity contribution is 6.31. The van der Waals surface area contributed by atoms with Crippen molar-refractivity contribution in [1.82, 2.24) is 0 Å². The maximum atomic E-state index is 5.18. The molecule has 0 saturated heterocycles. The first-order valence-corrected chi connectivity index (χ1v) is 1.67. The van der Waals surface area contributed by atoms with Gasteiger partial charge in [0.1, 0.15) is 7.85 Å². The molecule has 0 fully saturated rings. The molecule has 1 heterocycles. The van der Waals surface area contributed by atoms with Crippen LogP contribution in [0.3, 0.4) is 0 Å². The lowest BCUT2D eigenvalue weighted by molar-refractivity contribution is 0.569. The molecule has 1 aromatic heterocycles. The van der Waals surface area contributed by atoms with Crippen molar-refractivity contribution in [2.45, 2.75) is 0 Å². The van der Waals surface area contributed by atoms with E-state index in [1.54, 1.807) is 6.07 Å². The molecule has 0 N–H and O–H groups in total. The first-order chi connectivity index (χ1) is 2.89. The second kappa shape index (κ2) is 1.21. The second-order valence-corrected chi connectivity index (χ2v) is 1.06. The van der Waals surface area contributed by atoms with Crippen molar-refractivity contribution in [2.24, 2.45) is 0 Å². The van der Waals surface area contributed by atoms with E-state index in [0.29, 0.717) is 5.46 Å². The fourth-order valence-corrected chi connectivity index (χ4v) is 0.275. The van der Waals surface area contributed by atoms with Crippen molar-refractivity contribution in [1.29, 1.82) is 0 Å². The average molecular weight is 77.9 g/mol. The summed E-state index contributed by atoms with van der Waals surface area (Å²) in [5.74, 6) is 0. The first kappa shape index (κ1) is 3.53. The van der Waals surface area contributed by atoms with E-state index in [0.717, 1.165) is 0 Å². The zero-order valence-corrected chi connectivity index (χ0v) is 3.22. The van der Waals surface area contributed by atoms with E-state index in [1.807, 2.05) is 0 Å². The quantitative estimate of drug-likeness (QED) is 0.400. The van der Waals surface area contributed by atoms with Crippen LogP contribution in [0.5, 0.6) is 0 Å². The van der Waals surface area contributed by atoms with Crippen LogP contribution in [0, 0.1) is 0 Å². The highest BCUT2D eigenvalue weighted by Gasteiger charge is 1.75. The summed E-state index contributed by atoms with van der Waals surface area (Å²) < 4.78 is 4.59. The minimum absolute atomic E-state index is 0.676. The van der Waals surface area contributed by atoms with Gasteiger partial charge >= 0.3 is 0 Å². The molecule has 2 heteroatoms. The van der Waals surface area contributed by atoms with Crippen molar-refractivity contribution >= 4 is 13.3 Å². The molecule has 0 saturated carbocycles. The molecule has 1 nitrogen and oxygen atoms in total. The fourth-order valence-electron chi connectivity index (χ4n) is 0.275. The Morgan fingerprint density at radius 3 is 2.67 bits per heavy atom. The number of hydrogen-bond donors (Lipinski definition) is 0. The predicted octanol–water partition coefficient (Wildman–Crippen LogP) is 0.0734. The summed E-state index contributed by atoms with van der Waals surface area (Å²) >= 11 is 0. The Morgan fingerprint density at radius 1 is 1.67 bits per heavy atom. The van der Waals surface area contributed by atoms with Crippen LogP contribution in [-0.2, 0) is 0 Å². The zero-order chi connectivity index (χ0) is 4.41. The van der Waals surface area contributed by atoms with Gasteiger partial charge in [0.25, 0.3) is 0 Å². The van der Waals surface area contributed by atoms with Gasteiger partial charge in [0.05, 0.1) is 12.5 Å². The smallest absolute Gasteiger partial charge is 0.118 e. The molecular weight excluding hydrogens is 74.9 g/mol. The van der Waals surface area contributed by atoms with Gasteiger partial charge in [-0.25, -0.2) is 0 Å². The molecule has 1 aromatic rings. The summed E-state index contributed by atoms with van der Waals surface area (Å²) in [7, 11) is 5.18. The molecule has 0 spiro atoms. The highest BCUT2D eigenvalue weighted by atomic mass is 16.3. The molecule has 2 radical (unpaired) electrons. The maximum Gasteiger partial charge on any atom is 0.118 e. The largest absolute Gasteiger partial charge is 0.473 e. The van der Waals surface area contributed by atoms with Crippen LogP contribution in [0.15, 0.2) is 23.0 Å². The lowest BCUT2D eigenvalue weighted by Crippen LogP contribution is -1.92. The van der Waals surface area contributed by atoms with Crippen molar-refractivity contribution in [2.75, 3.05) is 0 Å². The van der Waals surface area contributed by atoms with Gasteiger partial charge in [0.15, 0.2) is 0 Å². The summed E-state index contributed by atoms with van der Waals surface area (Å²) in [5.41, 5.74) is 0.676. The van der Waals surface area contributed by atoms with Gasteiger partial charge < -0.3 is 4.42 Å². The molecule has 28 valence electrons. The van der Waals surface area contributed by atoms with Gasteiger partial charge in [-0.2, -0.15) is 0 Å². The van der Waals surface area contributed by atoms with E-state index in [9.17, 15) is 0 Å². The predicted molar refractivity (Wildman–Crippen MR) is 24.1 cm³/mol. The molecule has 0 aromatic carbocycles. The second-order valence-electron chi connectivity index (χ2n) is 1.06. The van der Waals surface area contributed by atoms with Crippen LogP contribution in [0.2, 0.25) is 0 Å². The van der Waals surface area contributed by atoms with Crippen molar-refractivity contribution in [3.05, 3.63) is 18.6 Å². The number of furan rings is 1. The first-order valence-electron chi connectivity index (χ1n) is 1.67. The molecule has 0 bridgehead atoms. The lowest BCUT2D eigenvalue weighted by Gasteiger charge is -1.63. The SMILES string of the molecule is [B]c1ccoc1. The Labute approximate surface area is 37.4 Å². The maximum absolute atomic E-state index is 5.18. The van der Waals surface area contributed by atoms with Crippen molar-refractivity contribution in [3.8, 4) is 0 Å². The molecule has 0 aliphatic heterocycles. The minimum Gasteiger partial charge on any atom is -0.473 e. The van der Waals surface area contributed by atoms with Crippen LogP contribution in [0.1, 0.15) is 0 Å². The lowest BCUT2D eigenvalue weighted by atomic mass is 10.0. The van der Waals surface area contributed by atoms with Gasteiger partial charge in [0, 0.05) is 0 Å². The summed E-state index contributed by atoms with van der Waals surface area (Å²) in [6, 6.07) is 1.69. The minimum atomic E-state index is 0.676. The van der Waals surface area contributed by atoms with Crippen LogP contribution in [0.4, 0.5) is 0 Å². The van der Waals surface area contributed by atoms with Crippen molar-refractivity contribution in [3.63, 3.8) is 0 Å². The van der Waals surface area contributed by atoms with Crippen LogP contribution < -0.4 is 5.46 Å². The van der Waals surface area contributed by atoms with E-state index >= 15 is 0 Å². The van der Waals surface area contributed by atoms with Crippen LogP contribution >= 0.6 is 0 Å². The molecular formula is C4H3BO. The molecule has 1 rings (SSSR count). The Bertz CT molecular complexity index is 111. The summed E-state index contributed by atoms with van der Waals surface area (Å²) in [6.45, 7) is 0. The third-order valence-corrected chi connectivity index (χ3v) is 0.543. The molecule has 6 heavy (non-hydrogen) atoms. The summed E-state index contributed by atoms with van der Waals surface area (Å²) in [6.07, 6.45) is 3.02. The van der Waals surface area contributed by atoms with E-state index in [2.05, 4.69) is 4.42 Å². The van der Waals surface area contributed by atoms with E-state index in [1.165, 1.54) is 12.5 Å². The molecule has 0 aliphatic carbocycles. The van der Waals surface area contributed by atoms with Gasteiger partial charge in [0.2, 0.25) is 0 Å². The Morgan fingerprint density at radius 2 is 2.50 bits per heavy atom. The zero-order valence-electron chi connectivity index (χ0n) is 3.22. The van der Waals surface area contributed by atoms with Crippen LogP contribution in [0.25, 0.3) is 0 Å². The monoisotopic (exact) mass is 78.0 g/mol. The molecule has 0 amide bonds. The van der Waals surface area contributed by atoms with E-state index in [-0.39, 0.29) is 0 Å². The van der Waals surface area contributed by atoms with Crippen molar-refractivity contribution < 1.29 is 4.42 Å². The Balaban J connectivity index is 3.05. The van der Waals surface area contributed by atoms with Gasteiger partial charge in [-0.05, 0) is 6.07 Å². The topological polar surface area (TPSA) is 13.1 Å². The van der Waals surface area contributed by atoms with Gasteiger partial charge in [-0.15, -0.1) is 0 Å². The average Bonchev–Trinajstić information content (AvgIpc) is 1.86. The Hall–Kier alpha value is -0.655. The fraction of sp³-hybridized carbons (Fsp3) is 0. The van der Waals surface area contributed by atoms with Crippen LogP contribution in [-0.4, -0.2) is 7.85 Å². The normalized spacial score (nSPS) is 8.67. The number of rotatable bonds is 0. The highest BCUT2D eigenvalue weighted by Crippen LogP contribution is 1.75. The molecule has 0 atom stereocenters. The molecule has 0 aliphatic rings. The standard InChI is InChI=1S/C4H3BO/c5-4-1-2-6-3-4/h1-3H.